The van der Waals surface area contributed by atoms with Crippen LogP contribution in [0.2, 0.25) is 5.02 Å². The van der Waals surface area contributed by atoms with E-state index in [1.807, 2.05) is 37.3 Å². The van der Waals surface area contributed by atoms with E-state index < -0.39 is 5.97 Å². The standard InChI is InChI=1S/C30H25ClN2O5/c1-15-3-2-4-22(31)26(15)28-19(29(38-33-28)16-5-6-16)11-12-36-25-10-9-23-27(32-25)21-14-20(21)18-8-7-17(30(34)35)13-24(18)37-23/h2-4,7-10,13,16,20-21H,5-6,11-12,14H2,1H3,(H,34,35). The first kappa shape index (κ1) is 23.3. The van der Waals surface area contributed by atoms with Gasteiger partial charge in [-0.05, 0) is 67.5 Å². The maximum atomic E-state index is 11.4. The van der Waals surface area contributed by atoms with Crippen molar-refractivity contribution in [1.29, 1.82) is 0 Å². The van der Waals surface area contributed by atoms with E-state index in [-0.39, 0.29) is 17.4 Å². The monoisotopic (exact) mass is 528 g/mol. The summed E-state index contributed by atoms with van der Waals surface area (Å²) < 4.78 is 18.1. The molecule has 2 aromatic carbocycles. The maximum absolute atomic E-state index is 11.4. The lowest BCUT2D eigenvalue weighted by Crippen LogP contribution is -2.06. The third kappa shape index (κ3) is 4.02. The van der Waals surface area contributed by atoms with Gasteiger partial charge in [0.25, 0.3) is 0 Å². The van der Waals surface area contributed by atoms with Crippen molar-refractivity contribution in [3.8, 4) is 28.6 Å². The Labute approximate surface area is 224 Å². The number of hydrogen-bond donors (Lipinski definition) is 1. The normalized spacial score (nSPS) is 19.0. The Morgan fingerprint density at radius 3 is 2.79 bits per heavy atom. The Bertz CT molecular complexity index is 1570. The van der Waals surface area contributed by atoms with Crippen LogP contribution in [0.3, 0.4) is 0 Å². The summed E-state index contributed by atoms with van der Waals surface area (Å²) in [5.74, 6) is 2.66. The molecule has 0 spiro atoms. The summed E-state index contributed by atoms with van der Waals surface area (Å²) in [5.41, 5.74) is 5.90. The molecular weight excluding hydrogens is 504 g/mol. The molecular formula is C30H25ClN2O5. The molecule has 0 bridgehead atoms. The van der Waals surface area contributed by atoms with Crippen LogP contribution < -0.4 is 9.47 Å². The second-order valence-corrected chi connectivity index (χ2v) is 10.7. The second kappa shape index (κ2) is 8.88. The summed E-state index contributed by atoms with van der Waals surface area (Å²) in [5, 5.41) is 14.5. The molecule has 2 atom stereocenters. The molecule has 2 fully saturated rings. The number of benzene rings is 2. The Kier molecular flexibility index (Phi) is 5.44. The molecule has 7 nitrogen and oxygen atoms in total. The van der Waals surface area contributed by atoms with Crippen molar-refractivity contribution in [2.24, 2.45) is 0 Å². The lowest BCUT2D eigenvalue weighted by molar-refractivity contribution is 0.0696. The molecule has 8 heteroatoms. The van der Waals surface area contributed by atoms with E-state index in [1.165, 1.54) is 0 Å². The second-order valence-electron chi connectivity index (χ2n) is 10.3. The van der Waals surface area contributed by atoms with Crippen molar-refractivity contribution >= 4 is 17.6 Å². The predicted molar refractivity (Wildman–Crippen MR) is 141 cm³/mol. The largest absolute Gasteiger partial charge is 0.478 e. The van der Waals surface area contributed by atoms with Crippen molar-refractivity contribution in [1.82, 2.24) is 10.1 Å². The zero-order valence-electron chi connectivity index (χ0n) is 20.7. The van der Waals surface area contributed by atoms with Crippen LogP contribution >= 0.6 is 11.6 Å². The van der Waals surface area contributed by atoms with Gasteiger partial charge in [-0.2, -0.15) is 0 Å². The van der Waals surface area contributed by atoms with Gasteiger partial charge in [0.2, 0.25) is 5.88 Å². The van der Waals surface area contributed by atoms with Crippen LogP contribution in [-0.4, -0.2) is 27.8 Å². The summed E-state index contributed by atoms with van der Waals surface area (Å²) in [6.45, 7) is 2.45. The molecule has 1 N–H and O–H groups in total. The van der Waals surface area contributed by atoms with Crippen LogP contribution in [0.1, 0.15) is 75.5 Å². The summed E-state index contributed by atoms with van der Waals surface area (Å²) in [4.78, 5) is 16.2. The highest BCUT2D eigenvalue weighted by Gasteiger charge is 2.46. The number of carboxylic acids is 1. The van der Waals surface area contributed by atoms with Crippen LogP contribution in [0.4, 0.5) is 0 Å². The molecule has 3 heterocycles. The lowest BCUT2D eigenvalue weighted by atomic mass is 9.98. The number of ether oxygens (including phenoxy) is 2. The van der Waals surface area contributed by atoms with E-state index in [2.05, 4.69) is 5.16 Å². The van der Waals surface area contributed by atoms with Gasteiger partial charge in [-0.3, -0.25) is 0 Å². The first-order chi connectivity index (χ1) is 18.5. The van der Waals surface area contributed by atoms with Crippen molar-refractivity contribution in [3.05, 3.63) is 87.3 Å². The molecule has 1 aliphatic heterocycles. The molecule has 192 valence electrons. The Morgan fingerprint density at radius 2 is 2.00 bits per heavy atom. The summed E-state index contributed by atoms with van der Waals surface area (Å²) in [6, 6.07) is 14.6. The van der Waals surface area contributed by atoms with Gasteiger partial charge < -0.3 is 19.1 Å². The number of carbonyl (C=O) groups is 1. The predicted octanol–water partition coefficient (Wildman–Crippen LogP) is 7.27. The minimum Gasteiger partial charge on any atom is -0.478 e. The summed E-state index contributed by atoms with van der Waals surface area (Å²) in [7, 11) is 0. The van der Waals surface area contributed by atoms with E-state index >= 15 is 0 Å². The quantitative estimate of drug-likeness (QED) is 0.269. The van der Waals surface area contributed by atoms with E-state index in [0.717, 1.165) is 58.7 Å². The van der Waals surface area contributed by atoms with Gasteiger partial charge in [-0.25, -0.2) is 9.78 Å². The van der Waals surface area contributed by atoms with Gasteiger partial charge >= 0.3 is 5.97 Å². The number of fused-ring (bicyclic) bond motifs is 5. The van der Waals surface area contributed by atoms with Crippen LogP contribution in [0.25, 0.3) is 11.3 Å². The topological polar surface area (TPSA) is 94.7 Å². The summed E-state index contributed by atoms with van der Waals surface area (Å²) in [6.07, 6.45) is 3.79. The highest BCUT2D eigenvalue weighted by molar-refractivity contribution is 6.33. The third-order valence-corrected chi connectivity index (χ3v) is 8.02. The number of halogens is 1. The first-order valence-corrected chi connectivity index (χ1v) is 13.3. The Morgan fingerprint density at radius 1 is 1.13 bits per heavy atom. The molecule has 7 rings (SSSR count). The van der Waals surface area contributed by atoms with Crippen molar-refractivity contribution in [2.75, 3.05) is 6.61 Å². The molecule has 3 aliphatic rings. The van der Waals surface area contributed by atoms with Crippen molar-refractivity contribution < 1.29 is 23.9 Å². The Hall–Kier alpha value is -3.84. The van der Waals surface area contributed by atoms with Crippen molar-refractivity contribution in [3.63, 3.8) is 0 Å². The minimum absolute atomic E-state index is 0.211. The van der Waals surface area contributed by atoms with Gasteiger partial charge in [-0.15, -0.1) is 0 Å². The molecule has 0 saturated heterocycles. The molecule has 38 heavy (non-hydrogen) atoms. The molecule has 0 amide bonds. The lowest BCUT2D eigenvalue weighted by Gasteiger charge is -2.13. The number of carboxylic acid groups (broad SMARTS) is 1. The number of rotatable bonds is 7. The van der Waals surface area contributed by atoms with E-state index in [9.17, 15) is 9.90 Å². The van der Waals surface area contributed by atoms with Gasteiger partial charge in [-0.1, -0.05) is 35.0 Å². The van der Waals surface area contributed by atoms with Gasteiger partial charge in [0.05, 0.1) is 22.9 Å². The Balaban J connectivity index is 1.12. The molecule has 4 aromatic rings. The molecule has 2 aliphatic carbocycles. The van der Waals surface area contributed by atoms with Crippen LogP contribution in [0.5, 0.6) is 17.4 Å². The van der Waals surface area contributed by atoms with Gasteiger partial charge in [0.15, 0.2) is 0 Å². The number of aromatic carboxylic acids is 1. The fourth-order valence-electron chi connectivity index (χ4n) is 5.51. The fourth-order valence-corrected chi connectivity index (χ4v) is 5.82. The average molecular weight is 529 g/mol. The van der Waals surface area contributed by atoms with E-state index in [1.54, 1.807) is 18.2 Å². The number of hydrogen-bond acceptors (Lipinski definition) is 6. The van der Waals surface area contributed by atoms with Crippen molar-refractivity contribution in [2.45, 2.75) is 50.4 Å². The number of aryl methyl sites for hydroxylation is 1. The first-order valence-electron chi connectivity index (χ1n) is 12.9. The van der Waals surface area contributed by atoms with E-state index in [4.69, 9.17) is 30.6 Å². The SMILES string of the molecule is Cc1cccc(Cl)c1-c1noc(C2CC2)c1CCOc1ccc2c(n1)C1CC1c1ccc(C(=O)O)cc1O2. The van der Waals surface area contributed by atoms with Gasteiger partial charge in [0, 0.05) is 35.4 Å². The number of nitrogens with zero attached hydrogens (tertiary/aromatic N) is 2. The third-order valence-electron chi connectivity index (χ3n) is 7.71. The molecule has 2 unspecified atom stereocenters. The van der Waals surface area contributed by atoms with Crippen LogP contribution in [0, 0.1) is 6.92 Å². The molecule has 2 saturated carbocycles. The fraction of sp³-hybridized carbons (Fsp3) is 0.300. The van der Waals surface area contributed by atoms with Crippen LogP contribution in [-0.2, 0) is 6.42 Å². The van der Waals surface area contributed by atoms with E-state index in [0.29, 0.717) is 41.3 Å². The minimum atomic E-state index is -0.972. The number of aromatic nitrogens is 2. The number of pyridine rings is 1. The zero-order valence-corrected chi connectivity index (χ0v) is 21.5. The summed E-state index contributed by atoms with van der Waals surface area (Å²) >= 11 is 6.56. The van der Waals surface area contributed by atoms with Gasteiger partial charge in [0.1, 0.15) is 23.0 Å². The zero-order chi connectivity index (χ0) is 26.0. The van der Waals surface area contributed by atoms with Crippen LogP contribution in [0.15, 0.2) is 53.1 Å². The highest BCUT2D eigenvalue weighted by atomic mass is 35.5. The molecule has 0 radical (unpaired) electrons. The molecule has 2 aromatic heterocycles. The maximum Gasteiger partial charge on any atom is 0.335 e. The highest BCUT2D eigenvalue weighted by Crippen LogP contribution is 2.61. The average Bonchev–Trinajstić information content (AvgIpc) is 3.82. The smallest absolute Gasteiger partial charge is 0.335 e.